The fraction of sp³-hybridized carbons (Fsp3) is 0.489. The summed E-state index contributed by atoms with van der Waals surface area (Å²) in [6, 6.07) is 4.96. The first kappa shape index (κ1) is 43.6. The highest BCUT2D eigenvalue weighted by molar-refractivity contribution is 7.99. The number of methoxy groups -OCH3 is 2. The molecule has 4 bridgehead atoms. The number of hydrogen-bond acceptors (Lipinski definition) is 17. The lowest BCUT2D eigenvalue weighted by molar-refractivity contribution is -0.157. The number of nitrogens with zero attached hydrogens (tertiary/aromatic N) is 3. The van der Waals surface area contributed by atoms with Crippen molar-refractivity contribution in [1.29, 1.82) is 5.26 Å². The molecule has 2 fully saturated rings. The number of phenolic OH excluding ortho intramolecular Hbond substituents is 1. The average Bonchev–Trinajstić information content (AvgIpc) is 3.73. The lowest BCUT2D eigenvalue weighted by Crippen LogP contribution is -2.70. The number of fused-ring (bicyclic) bond motifs is 9. The lowest BCUT2D eigenvalue weighted by Gasteiger charge is -2.62. The Hall–Kier alpha value is -5.67. The summed E-state index contributed by atoms with van der Waals surface area (Å²) in [6.07, 6.45) is 1.82. The van der Waals surface area contributed by atoms with Crippen LogP contribution in [0.1, 0.15) is 89.5 Å². The van der Waals surface area contributed by atoms with Crippen LogP contribution < -0.4 is 33.7 Å². The number of aromatic hydroxyl groups is 1. The second-order valence-corrected chi connectivity index (χ2v) is 19.1. The van der Waals surface area contributed by atoms with E-state index >= 15 is 4.79 Å². The number of phenols is 1. The molecule has 3 aromatic carbocycles. The van der Waals surface area contributed by atoms with Gasteiger partial charge in [-0.05, 0) is 81.8 Å². The summed E-state index contributed by atoms with van der Waals surface area (Å²) < 4.78 is 47.8. The summed E-state index contributed by atoms with van der Waals surface area (Å²) in [5.74, 6) is 0.803. The predicted octanol–water partition coefficient (Wildman–Crippen LogP) is 6.15. The zero-order valence-corrected chi connectivity index (χ0v) is 37.9. The fourth-order valence-corrected chi connectivity index (χ4v) is 12.6. The number of benzene rings is 3. The van der Waals surface area contributed by atoms with E-state index in [9.17, 15) is 20.0 Å². The lowest BCUT2D eigenvalue weighted by atomic mass is 9.71. The molecule has 0 radical (unpaired) electrons. The second kappa shape index (κ2) is 16.1. The van der Waals surface area contributed by atoms with Gasteiger partial charge in [0.15, 0.2) is 40.0 Å². The van der Waals surface area contributed by atoms with E-state index in [2.05, 4.69) is 27.8 Å². The summed E-state index contributed by atoms with van der Waals surface area (Å²) in [6.45, 7) is 14.8. The number of esters is 2. The van der Waals surface area contributed by atoms with Crippen molar-refractivity contribution in [3.8, 4) is 46.3 Å². The van der Waals surface area contributed by atoms with Gasteiger partial charge in [-0.3, -0.25) is 19.9 Å². The van der Waals surface area contributed by atoms with Crippen molar-refractivity contribution in [1.82, 2.24) is 15.1 Å². The quantitative estimate of drug-likeness (QED) is 0.124. The van der Waals surface area contributed by atoms with Crippen LogP contribution in [0.3, 0.4) is 0 Å². The molecule has 0 aliphatic carbocycles. The summed E-state index contributed by atoms with van der Waals surface area (Å²) >= 11 is 1.45. The van der Waals surface area contributed by atoms with Crippen molar-refractivity contribution < 1.29 is 57.4 Å². The summed E-state index contributed by atoms with van der Waals surface area (Å²) in [4.78, 5) is 45.5. The Balaban J connectivity index is 1.28. The summed E-state index contributed by atoms with van der Waals surface area (Å²) in [5, 5.41) is 26.5. The Kier molecular flexibility index (Phi) is 11.0. The van der Waals surface area contributed by atoms with Crippen molar-refractivity contribution in [2.75, 3.05) is 46.5 Å². The van der Waals surface area contributed by atoms with E-state index in [4.69, 9.17) is 37.9 Å². The van der Waals surface area contributed by atoms with E-state index < -0.39 is 58.7 Å². The van der Waals surface area contributed by atoms with Crippen molar-refractivity contribution in [3.05, 3.63) is 75.4 Å². The van der Waals surface area contributed by atoms with Crippen LogP contribution in [-0.2, 0) is 37.4 Å². The maximum absolute atomic E-state index is 15.1. The van der Waals surface area contributed by atoms with Crippen LogP contribution >= 0.6 is 11.8 Å². The first-order valence-corrected chi connectivity index (χ1v) is 22.4. The maximum atomic E-state index is 15.1. The molecule has 1 spiro atoms. The van der Waals surface area contributed by atoms with E-state index in [-0.39, 0.29) is 42.4 Å². The Labute approximate surface area is 375 Å². The number of nitriles is 1. The van der Waals surface area contributed by atoms with Gasteiger partial charge in [0, 0.05) is 60.1 Å². The van der Waals surface area contributed by atoms with Crippen LogP contribution in [0.25, 0.3) is 0 Å². The number of piperazine rings is 1. The Morgan fingerprint density at radius 2 is 1.81 bits per heavy atom. The Morgan fingerprint density at radius 1 is 1.05 bits per heavy atom. The minimum absolute atomic E-state index is 0.00732. The van der Waals surface area contributed by atoms with E-state index in [1.807, 2.05) is 19.9 Å². The minimum atomic E-state index is -1.47. The van der Waals surface area contributed by atoms with Crippen molar-refractivity contribution in [2.24, 2.45) is 0 Å². The molecule has 3 aromatic rings. The van der Waals surface area contributed by atoms with E-state index in [0.29, 0.717) is 76.7 Å². The number of hydrogen-bond donors (Lipinski definition) is 2. The monoisotopic (exact) mass is 896 g/mol. The molecule has 7 aliphatic heterocycles. The molecule has 64 heavy (non-hydrogen) atoms. The molecule has 16 nitrogen and oxygen atoms in total. The highest BCUT2D eigenvalue weighted by atomic mass is 32.2. The number of rotatable bonds is 6. The average molecular weight is 897 g/mol. The third kappa shape index (κ3) is 6.71. The van der Waals surface area contributed by atoms with Crippen LogP contribution in [0.2, 0.25) is 0 Å². The number of aryl methyl sites for hydroxylation is 1. The zero-order chi connectivity index (χ0) is 45.6. The number of nitrogens with one attached hydrogen (secondary N) is 1. The molecular formula is C47H52N4O12S. The van der Waals surface area contributed by atoms with Crippen molar-refractivity contribution in [2.45, 2.75) is 101 Å². The van der Waals surface area contributed by atoms with Gasteiger partial charge in [-0.15, -0.1) is 18.3 Å². The molecule has 7 atom stereocenters. The van der Waals surface area contributed by atoms with Gasteiger partial charge < -0.3 is 43.0 Å². The van der Waals surface area contributed by atoms with Gasteiger partial charge in [0.05, 0.1) is 37.6 Å². The summed E-state index contributed by atoms with van der Waals surface area (Å²) in [7, 11) is 2.98. The molecule has 7 aliphatic rings. The van der Waals surface area contributed by atoms with Gasteiger partial charge in [-0.25, -0.2) is 9.59 Å². The van der Waals surface area contributed by atoms with Gasteiger partial charge in [0.1, 0.15) is 24.0 Å². The minimum Gasteiger partial charge on any atom is -0.504 e. The normalized spacial score (nSPS) is 26.6. The van der Waals surface area contributed by atoms with Crippen LogP contribution in [0.15, 0.2) is 30.9 Å². The molecule has 0 saturated carbocycles. The van der Waals surface area contributed by atoms with E-state index in [1.165, 1.54) is 32.9 Å². The molecule has 10 rings (SSSR count). The first-order chi connectivity index (χ1) is 30.6. The molecule has 0 amide bonds. The Morgan fingerprint density at radius 3 is 2.50 bits per heavy atom. The van der Waals surface area contributed by atoms with Gasteiger partial charge in [-0.2, -0.15) is 5.26 Å². The molecule has 7 heterocycles. The molecule has 338 valence electrons. The first-order valence-electron chi connectivity index (χ1n) is 21.3. The largest absolute Gasteiger partial charge is 0.514 e. The maximum Gasteiger partial charge on any atom is 0.514 e. The molecule has 2 N–H and O–H groups in total. The molecule has 0 aromatic heterocycles. The summed E-state index contributed by atoms with van der Waals surface area (Å²) in [5.41, 5.74) is 3.18. The zero-order valence-electron chi connectivity index (χ0n) is 37.1. The number of carbonyl (C=O) groups is 3. The number of carbonyl (C=O) groups excluding carboxylic acids is 3. The van der Waals surface area contributed by atoms with Crippen molar-refractivity contribution >= 4 is 29.9 Å². The third-order valence-electron chi connectivity index (χ3n) is 13.2. The van der Waals surface area contributed by atoms with E-state index in [1.54, 1.807) is 39.0 Å². The highest BCUT2D eigenvalue weighted by Crippen LogP contribution is 2.65. The van der Waals surface area contributed by atoms with Gasteiger partial charge in [0.25, 0.3) is 0 Å². The number of ether oxygens (including phenoxy) is 8. The van der Waals surface area contributed by atoms with Gasteiger partial charge in [-0.1, -0.05) is 12.1 Å². The van der Waals surface area contributed by atoms with Crippen LogP contribution in [0.4, 0.5) is 4.79 Å². The standard InChI is InChI=1S/C47H52N4O12S/c1-10-13-50-28-15-26-14-22(2)39(57-9)38(53)33(26)36(50)37-43-35-34(42-41(59-21-60-42)23(3)40(35)61-24(4)52)30(51(37)29(28)18-48)19-58-44(54)47(20-64-43)27-17-31(56-8)32(16-25(27)11-12-49-47)62-45(55)63-46(5,6)7/h10,14,16-17,28-30,36-37,43,49,53H,1,11-13,15,19-21H2,2-9H3/t28-,29-,30+,36+,37?,43+,47+/m0/s1. The number of thioether (sulfide) groups is 1. The van der Waals surface area contributed by atoms with E-state index in [0.717, 1.165) is 16.7 Å². The SMILES string of the molecule is C=CCN1[C@@H]2c3c(cc(C)c(OC)c3O)C[C@H]1[C@H](C#N)N1C2[C@@H]2SC[C@]3(NCCc4cc(OC(=O)OC(C)(C)C)c(OC)cc43)C(=O)OC[C@@H]1c1c3c(c(C)c(OC(C)=O)c12)OCO3. The molecule has 1 unspecified atom stereocenters. The van der Waals surface area contributed by atoms with Gasteiger partial charge in [0.2, 0.25) is 6.79 Å². The topological polar surface area (TPSA) is 188 Å². The Bertz CT molecular complexity index is 2530. The third-order valence-corrected chi connectivity index (χ3v) is 14.6. The molecule has 17 heteroatoms. The second-order valence-electron chi connectivity index (χ2n) is 18.0. The van der Waals surface area contributed by atoms with Crippen LogP contribution in [0.5, 0.6) is 40.2 Å². The fourth-order valence-electron chi connectivity index (χ4n) is 10.9. The predicted molar refractivity (Wildman–Crippen MR) is 232 cm³/mol. The molecular weight excluding hydrogens is 845 g/mol. The highest BCUT2D eigenvalue weighted by Gasteiger charge is 2.62. The smallest absolute Gasteiger partial charge is 0.504 e. The van der Waals surface area contributed by atoms with Crippen LogP contribution in [-0.4, -0.2) is 103 Å². The molecule has 2 saturated heterocycles. The van der Waals surface area contributed by atoms with Gasteiger partial charge >= 0.3 is 18.1 Å². The van der Waals surface area contributed by atoms with Crippen molar-refractivity contribution in [3.63, 3.8) is 0 Å². The van der Waals surface area contributed by atoms with Crippen LogP contribution in [0, 0.1) is 25.2 Å².